The number of pyridine rings is 1. The van der Waals surface area contributed by atoms with Gasteiger partial charge in [0, 0.05) is 6.54 Å². The Bertz CT molecular complexity index is 461. The molecular formula is C13H17F3N2O2. The van der Waals surface area contributed by atoms with E-state index in [0.29, 0.717) is 6.42 Å². The van der Waals surface area contributed by atoms with Gasteiger partial charge in [-0.2, -0.15) is 13.2 Å². The number of aromatic nitrogens is 1. The molecule has 112 valence electrons. The fraction of sp³-hybridized carbons (Fsp3) is 0.538. The highest BCUT2D eigenvalue weighted by molar-refractivity contribution is 5.70. The lowest BCUT2D eigenvalue weighted by Crippen LogP contribution is -2.25. The highest BCUT2D eigenvalue weighted by atomic mass is 19.4. The van der Waals surface area contributed by atoms with E-state index in [4.69, 9.17) is 5.11 Å². The van der Waals surface area contributed by atoms with Gasteiger partial charge in [-0.05, 0) is 24.5 Å². The van der Waals surface area contributed by atoms with Crippen molar-refractivity contribution < 1.29 is 23.1 Å². The number of carbonyl (C=O) groups is 1. The van der Waals surface area contributed by atoms with Crippen molar-refractivity contribution in [3.8, 4) is 0 Å². The summed E-state index contributed by atoms with van der Waals surface area (Å²) in [4.78, 5) is 14.5. The van der Waals surface area contributed by atoms with Gasteiger partial charge in [0.15, 0.2) is 0 Å². The summed E-state index contributed by atoms with van der Waals surface area (Å²) in [5.41, 5.74) is -1.00. The summed E-state index contributed by atoms with van der Waals surface area (Å²) < 4.78 is 37.4. The smallest absolute Gasteiger partial charge is 0.433 e. The van der Waals surface area contributed by atoms with Crippen LogP contribution in [0, 0.1) is 11.8 Å². The van der Waals surface area contributed by atoms with E-state index in [1.165, 1.54) is 12.1 Å². The minimum absolute atomic E-state index is 0.0230. The van der Waals surface area contributed by atoms with Crippen LogP contribution < -0.4 is 5.32 Å². The van der Waals surface area contributed by atoms with Gasteiger partial charge in [0.05, 0.1) is 5.92 Å². The van der Waals surface area contributed by atoms with Gasteiger partial charge in [0.2, 0.25) is 0 Å². The first-order valence-electron chi connectivity index (χ1n) is 6.21. The maximum absolute atomic E-state index is 12.5. The van der Waals surface area contributed by atoms with Crippen LogP contribution in [0.2, 0.25) is 0 Å². The summed E-state index contributed by atoms with van der Waals surface area (Å²) >= 11 is 0. The number of anilines is 1. The maximum atomic E-state index is 12.5. The number of carboxylic acid groups (broad SMARTS) is 1. The molecule has 2 N–H and O–H groups in total. The zero-order valence-electron chi connectivity index (χ0n) is 11.2. The van der Waals surface area contributed by atoms with Crippen LogP contribution in [-0.2, 0) is 11.0 Å². The van der Waals surface area contributed by atoms with Crippen LogP contribution >= 0.6 is 0 Å². The van der Waals surface area contributed by atoms with Crippen LogP contribution in [0.1, 0.15) is 26.0 Å². The molecule has 0 amide bonds. The maximum Gasteiger partial charge on any atom is 0.433 e. The molecule has 0 aliphatic carbocycles. The van der Waals surface area contributed by atoms with Gasteiger partial charge >= 0.3 is 12.1 Å². The average Bonchev–Trinajstić information content (AvgIpc) is 2.33. The third-order valence-corrected chi connectivity index (χ3v) is 2.67. The zero-order valence-corrected chi connectivity index (χ0v) is 11.2. The Kier molecular flexibility index (Phi) is 5.35. The Balaban J connectivity index is 2.71. The van der Waals surface area contributed by atoms with Crippen LogP contribution in [0.3, 0.4) is 0 Å². The Hall–Kier alpha value is -1.79. The summed E-state index contributed by atoms with van der Waals surface area (Å²) in [6.07, 6.45) is -4.07. The topological polar surface area (TPSA) is 62.2 Å². The van der Waals surface area contributed by atoms with Crippen molar-refractivity contribution >= 4 is 11.8 Å². The summed E-state index contributed by atoms with van der Waals surface area (Å²) in [6.45, 7) is 3.82. The third kappa shape index (κ3) is 5.07. The summed E-state index contributed by atoms with van der Waals surface area (Å²) in [7, 11) is 0. The second-order valence-electron chi connectivity index (χ2n) is 4.95. The molecule has 0 bridgehead atoms. The van der Waals surface area contributed by atoms with Crippen molar-refractivity contribution in [2.24, 2.45) is 11.8 Å². The second-order valence-corrected chi connectivity index (χ2v) is 4.95. The number of hydrogen-bond acceptors (Lipinski definition) is 3. The molecule has 0 fully saturated rings. The van der Waals surface area contributed by atoms with Crippen LogP contribution in [0.4, 0.5) is 19.0 Å². The highest BCUT2D eigenvalue weighted by Crippen LogP contribution is 2.28. The van der Waals surface area contributed by atoms with Crippen LogP contribution in [0.15, 0.2) is 18.2 Å². The number of halogens is 3. The molecule has 0 aliphatic rings. The first-order chi connectivity index (χ1) is 9.20. The molecule has 1 aromatic heterocycles. The largest absolute Gasteiger partial charge is 0.481 e. The van der Waals surface area contributed by atoms with Gasteiger partial charge in [-0.1, -0.05) is 19.9 Å². The Morgan fingerprint density at radius 2 is 2.05 bits per heavy atom. The molecule has 7 heteroatoms. The molecule has 4 nitrogen and oxygen atoms in total. The van der Waals surface area contributed by atoms with E-state index in [-0.39, 0.29) is 18.3 Å². The van der Waals surface area contributed by atoms with Gasteiger partial charge in [-0.15, -0.1) is 0 Å². The fourth-order valence-electron chi connectivity index (χ4n) is 1.76. The van der Waals surface area contributed by atoms with E-state index in [9.17, 15) is 18.0 Å². The van der Waals surface area contributed by atoms with Gasteiger partial charge in [0.25, 0.3) is 0 Å². The van der Waals surface area contributed by atoms with E-state index in [1.807, 2.05) is 13.8 Å². The van der Waals surface area contributed by atoms with E-state index < -0.39 is 23.8 Å². The van der Waals surface area contributed by atoms with Crippen molar-refractivity contribution in [3.05, 3.63) is 23.9 Å². The predicted molar refractivity (Wildman–Crippen MR) is 68.3 cm³/mol. The molecule has 1 unspecified atom stereocenters. The lowest BCUT2D eigenvalue weighted by molar-refractivity contribution is -0.142. The number of carboxylic acids is 1. The van der Waals surface area contributed by atoms with Crippen LogP contribution in [0.5, 0.6) is 0 Å². The molecule has 0 aromatic carbocycles. The minimum Gasteiger partial charge on any atom is -0.481 e. The molecule has 0 saturated heterocycles. The van der Waals surface area contributed by atoms with E-state index in [1.54, 1.807) is 0 Å². The Morgan fingerprint density at radius 3 is 2.55 bits per heavy atom. The second kappa shape index (κ2) is 6.58. The molecule has 0 radical (unpaired) electrons. The van der Waals surface area contributed by atoms with Crippen LogP contribution in [0.25, 0.3) is 0 Å². The Morgan fingerprint density at radius 1 is 1.40 bits per heavy atom. The number of nitrogens with one attached hydrogen (secondary N) is 1. The summed E-state index contributed by atoms with van der Waals surface area (Å²) in [5, 5.41) is 11.7. The first kappa shape index (κ1) is 16.3. The van der Waals surface area contributed by atoms with Crippen molar-refractivity contribution in [1.82, 2.24) is 4.98 Å². The molecular weight excluding hydrogens is 273 g/mol. The molecule has 1 rings (SSSR count). The molecule has 20 heavy (non-hydrogen) atoms. The third-order valence-electron chi connectivity index (χ3n) is 2.67. The van der Waals surface area contributed by atoms with Crippen molar-refractivity contribution in [2.45, 2.75) is 26.4 Å². The van der Waals surface area contributed by atoms with Crippen molar-refractivity contribution in [1.29, 1.82) is 0 Å². The first-order valence-corrected chi connectivity index (χ1v) is 6.21. The highest BCUT2D eigenvalue weighted by Gasteiger charge is 2.32. The Labute approximate surface area is 115 Å². The van der Waals surface area contributed by atoms with Crippen molar-refractivity contribution in [3.63, 3.8) is 0 Å². The zero-order chi connectivity index (χ0) is 15.3. The van der Waals surface area contributed by atoms with Crippen molar-refractivity contribution in [2.75, 3.05) is 11.9 Å². The summed E-state index contributed by atoms with van der Waals surface area (Å²) in [6, 6.07) is 3.48. The fourth-order valence-corrected chi connectivity index (χ4v) is 1.76. The normalized spacial score (nSPS) is 13.3. The molecule has 0 spiro atoms. The lowest BCUT2D eigenvalue weighted by atomic mass is 9.97. The molecule has 1 aromatic rings. The summed E-state index contributed by atoms with van der Waals surface area (Å²) in [5.74, 6) is -1.42. The average molecular weight is 290 g/mol. The van der Waals surface area contributed by atoms with E-state index in [2.05, 4.69) is 10.3 Å². The predicted octanol–water partition coefficient (Wildman–Crippen LogP) is 3.26. The quantitative estimate of drug-likeness (QED) is 0.844. The molecule has 0 aliphatic heterocycles. The van der Waals surface area contributed by atoms with Crippen LogP contribution in [-0.4, -0.2) is 22.6 Å². The molecule has 1 atom stereocenters. The van der Waals surface area contributed by atoms with Gasteiger partial charge < -0.3 is 10.4 Å². The van der Waals surface area contributed by atoms with E-state index in [0.717, 1.165) is 6.07 Å². The van der Waals surface area contributed by atoms with E-state index >= 15 is 0 Å². The number of nitrogens with zero attached hydrogens (tertiary/aromatic N) is 1. The number of hydrogen-bond donors (Lipinski definition) is 2. The molecule has 0 saturated carbocycles. The number of rotatable bonds is 6. The van der Waals surface area contributed by atoms with Gasteiger partial charge in [-0.25, -0.2) is 4.98 Å². The monoisotopic (exact) mass is 290 g/mol. The van der Waals surface area contributed by atoms with Gasteiger partial charge in [0.1, 0.15) is 11.5 Å². The number of alkyl halides is 3. The lowest BCUT2D eigenvalue weighted by Gasteiger charge is -2.16. The molecule has 1 heterocycles. The minimum atomic E-state index is -4.51. The van der Waals surface area contributed by atoms with Gasteiger partial charge in [-0.3, -0.25) is 4.79 Å². The number of aliphatic carboxylic acids is 1. The standard InChI is InChI=1S/C13H17F3N2O2/c1-8(2)6-9(12(19)20)7-17-11-5-3-4-10(18-11)13(14,15)16/h3-5,8-9H,6-7H2,1-2H3,(H,17,18)(H,19,20). The SMILES string of the molecule is CC(C)CC(CNc1cccc(C(F)(F)F)n1)C(=O)O.